The second-order valence-corrected chi connectivity index (χ2v) is 6.12. The Bertz CT molecular complexity index is 631. The quantitative estimate of drug-likeness (QED) is 0.334. The van der Waals surface area contributed by atoms with Gasteiger partial charge in [0.15, 0.2) is 0 Å². The molecule has 0 heterocycles. The van der Waals surface area contributed by atoms with Gasteiger partial charge in [0.2, 0.25) is 0 Å². The summed E-state index contributed by atoms with van der Waals surface area (Å²) in [7, 11) is -6.22. The number of benzene rings is 1. The Kier molecular flexibility index (Phi) is 6.11. The second-order valence-electron chi connectivity index (χ2n) is 4.66. The van der Waals surface area contributed by atoms with Crippen LogP contribution in [-0.4, -0.2) is 36.7 Å². The summed E-state index contributed by atoms with van der Waals surface area (Å²) in [4.78, 5) is 11.5. The topological polar surface area (TPSA) is 80.7 Å². The predicted octanol–water partition coefficient (Wildman–Crippen LogP) is 3.13. The van der Waals surface area contributed by atoms with Crippen LogP contribution >= 0.6 is 0 Å². The number of unbranched alkanes of at least 4 members (excludes halogenated alkanes) is 1. The molecule has 0 radical (unpaired) electrons. The van der Waals surface area contributed by atoms with Crippen LogP contribution in [0.4, 0.5) is 17.6 Å². The van der Waals surface area contributed by atoms with Crippen molar-refractivity contribution >= 4 is 16.1 Å². The summed E-state index contributed by atoms with van der Waals surface area (Å²) in [5.74, 6) is -5.62. The monoisotopic (exact) mass is 358 g/mol. The molecule has 0 saturated heterocycles. The normalized spacial score (nSPS) is 12.9. The average molecular weight is 358 g/mol. The van der Waals surface area contributed by atoms with Gasteiger partial charge in [-0.1, -0.05) is 18.2 Å². The molecule has 1 aromatic rings. The fourth-order valence-corrected chi connectivity index (χ4v) is 2.09. The molecule has 0 unspecified atom stereocenters. The van der Waals surface area contributed by atoms with Crippen molar-refractivity contribution in [2.24, 2.45) is 0 Å². The molecule has 1 N–H and O–H groups in total. The maximum atomic E-state index is 13.2. The molecule has 0 aromatic heterocycles. The summed E-state index contributed by atoms with van der Waals surface area (Å²) in [6.45, 7) is -0.290. The number of esters is 1. The van der Waals surface area contributed by atoms with Gasteiger partial charge in [0.25, 0.3) is 0 Å². The largest absolute Gasteiger partial charge is 0.462 e. The van der Waals surface area contributed by atoms with E-state index >= 15 is 0 Å². The molecular weight excluding hydrogens is 344 g/mol. The summed E-state index contributed by atoms with van der Waals surface area (Å²) in [5, 5.41) is -5.57. The van der Waals surface area contributed by atoms with E-state index in [9.17, 15) is 30.8 Å². The summed E-state index contributed by atoms with van der Waals surface area (Å²) >= 11 is 0. The second kappa shape index (κ2) is 7.26. The van der Waals surface area contributed by atoms with Crippen LogP contribution < -0.4 is 0 Å². The Hall–Kier alpha value is -1.68. The maximum Gasteiger partial charge on any atom is 0.431 e. The molecular formula is C13H14F4O5S. The van der Waals surface area contributed by atoms with E-state index in [0.717, 1.165) is 0 Å². The van der Waals surface area contributed by atoms with Gasteiger partial charge in [-0.25, -0.2) is 4.79 Å². The van der Waals surface area contributed by atoms with E-state index in [1.54, 1.807) is 18.2 Å². The molecule has 130 valence electrons. The Morgan fingerprint density at radius 2 is 1.65 bits per heavy atom. The molecule has 0 fully saturated rings. The fourth-order valence-electron chi connectivity index (χ4n) is 1.61. The zero-order chi connectivity index (χ0) is 17.7. The third-order valence-electron chi connectivity index (χ3n) is 2.88. The summed E-state index contributed by atoms with van der Waals surface area (Å²) in [5.41, 5.74) is 0.246. The van der Waals surface area contributed by atoms with Gasteiger partial charge in [0, 0.05) is 6.42 Å². The van der Waals surface area contributed by atoms with E-state index in [4.69, 9.17) is 9.29 Å². The van der Waals surface area contributed by atoms with Crippen LogP contribution in [0.25, 0.3) is 0 Å². The smallest absolute Gasteiger partial charge is 0.431 e. The highest BCUT2D eigenvalue weighted by Crippen LogP contribution is 2.41. The molecule has 1 rings (SSSR count). The van der Waals surface area contributed by atoms with Crippen molar-refractivity contribution in [2.75, 3.05) is 6.61 Å². The molecule has 5 nitrogen and oxygen atoms in total. The average Bonchev–Trinajstić information content (AvgIpc) is 2.46. The molecule has 0 saturated carbocycles. The van der Waals surface area contributed by atoms with E-state index < -0.39 is 40.1 Å². The van der Waals surface area contributed by atoms with Gasteiger partial charge in [0.05, 0.1) is 12.2 Å². The van der Waals surface area contributed by atoms with Gasteiger partial charge in [-0.05, 0) is 25.0 Å². The van der Waals surface area contributed by atoms with Crippen molar-refractivity contribution in [1.82, 2.24) is 0 Å². The van der Waals surface area contributed by atoms with Gasteiger partial charge >= 0.3 is 27.3 Å². The molecule has 0 aliphatic carbocycles. The van der Waals surface area contributed by atoms with Crippen LogP contribution in [-0.2, 0) is 14.9 Å². The Labute approximate surface area is 130 Å². The maximum absolute atomic E-state index is 13.2. The highest BCUT2D eigenvalue weighted by molar-refractivity contribution is 7.87. The first-order chi connectivity index (χ1) is 10.5. The number of hydrogen-bond acceptors (Lipinski definition) is 4. The van der Waals surface area contributed by atoms with E-state index in [0.29, 0.717) is 0 Å². The molecule has 0 amide bonds. The molecule has 0 atom stereocenters. The van der Waals surface area contributed by atoms with E-state index in [2.05, 4.69) is 0 Å². The first kappa shape index (κ1) is 19.4. The Balaban J connectivity index is 2.41. The van der Waals surface area contributed by atoms with Crippen LogP contribution in [0.15, 0.2) is 30.3 Å². The standard InChI is InChI=1S/C13H14F4O5S/c14-12(15,13(16,17)23(19,20)21)8-4-5-9-22-11(18)10-6-2-1-3-7-10/h1-3,6-7H,4-5,8-9H2,(H,19,20,21). The van der Waals surface area contributed by atoms with E-state index in [1.807, 2.05) is 0 Å². The number of alkyl halides is 4. The van der Waals surface area contributed by atoms with Crippen LogP contribution in [0.3, 0.4) is 0 Å². The van der Waals surface area contributed by atoms with Crippen LogP contribution in [0.1, 0.15) is 29.6 Å². The van der Waals surface area contributed by atoms with Gasteiger partial charge in [0.1, 0.15) is 0 Å². The molecule has 0 aliphatic heterocycles. The summed E-state index contributed by atoms with van der Waals surface area (Å²) in [6, 6.07) is 7.81. The number of carbonyl (C=O) groups is 1. The molecule has 0 spiro atoms. The first-order valence-electron chi connectivity index (χ1n) is 6.44. The lowest BCUT2D eigenvalue weighted by Gasteiger charge is -2.23. The Morgan fingerprint density at radius 1 is 1.09 bits per heavy atom. The minimum Gasteiger partial charge on any atom is -0.462 e. The number of rotatable bonds is 8. The lowest BCUT2D eigenvalue weighted by atomic mass is 10.1. The van der Waals surface area contributed by atoms with Crippen molar-refractivity contribution in [2.45, 2.75) is 30.4 Å². The minimum atomic E-state index is -6.22. The van der Waals surface area contributed by atoms with Gasteiger partial charge in [-0.3, -0.25) is 4.55 Å². The number of carbonyl (C=O) groups excluding carboxylic acids is 1. The molecule has 1 aromatic carbocycles. The van der Waals surface area contributed by atoms with E-state index in [1.165, 1.54) is 12.1 Å². The van der Waals surface area contributed by atoms with Gasteiger partial charge in [-0.15, -0.1) is 0 Å². The minimum absolute atomic E-state index is 0.171. The van der Waals surface area contributed by atoms with Crippen molar-refractivity contribution in [3.05, 3.63) is 35.9 Å². The molecule has 0 bridgehead atoms. The number of hydrogen-bond donors (Lipinski definition) is 1. The lowest BCUT2D eigenvalue weighted by Crippen LogP contribution is -2.46. The van der Waals surface area contributed by atoms with Gasteiger partial charge < -0.3 is 4.74 Å². The third-order valence-corrected chi connectivity index (χ3v) is 3.82. The zero-order valence-electron chi connectivity index (χ0n) is 11.7. The van der Waals surface area contributed by atoms with Crippen molar-refractivity contribution in [1.29, 1.82) is 0 Å². The van der Waals surface area contributed by atoms with Crippen LogP contribution in [0.5, 0.6) is 0 Å². The third kappa shape index (κ3) is 4.90. The Morgan fingerprint density at radius 3 is 2.17 bits per heavy atom. The highest BCUT2D eigenvalue weighted by Gasteiger charge is 2.64. The predicted molar refractivity (Wildman–Crippen MR) is 72.0 cm³/mol. The fraction of sp³-hybridized carbons (Fsp3) is 0.462. The van der Waals surface area contributed by atoms with Crippen LogP contribution in [0.2, 0.25) is 0 Å². The number of halogens is 4. The van der Waals surface area contributed by atoms with Crippen molar-refractivity contribution in [3.8, 4) is 0 Å². The SMILES string of the molecule is O=C(OCCCCC(F)(F)C(F)(F)S(=O)(=O)O)c1ccccc1. The molecule has 0 aliphatic rings. The summed E-state index contributed by atoms with van der Waals surface area (Å²) < 4.78 is 85.6. The van der Waals surface area contributed by atoms with Gasteiger partial charge in [-0.2, -0.15) is 26.0 Å². The molecule has 10 heteroatoms. The first-order valence-corrected chi connectivity index (χ1v) is 7.88. The van der Waals surface area contributed by atoms with E-state index in [-0.39, 0.29) is 18.6 Å². The number of ether oxygens (including phenoxy) is 1. The van der Waals surface area contributed by atoms with Crippen LogP contribution in [0, 0.1) is 0 Å². The van der Waals surface area contributed by atoms with Crippen molar-refractivity contribution in [3.63, 3.8) is 0 Å². The summed E-state index contributed by atoms with van der Waals surface area (Å²) in [6.07, 6.45) is -2.18. The lowest BCUT2D eigenvalue weighted by molar-refractivity contribution is -0.164. The molecule has 23 heavy (non-hydrogen) atoms. The highest BCUT2D eigenvalue weighted by atomic mass is 32.2. The van der Waals surface area contributed by atoms with Crippen molar-refractivity contribution < 1.29 is 40.1 Å². The zero-order valence-corrected chi connectivity index (χ0v) is 12.5.